The van der Waals surface area contributed by atoms with E-state index in [9.17, 15) is 9.59 Å². The third-order valence-electron chi connectivity index (χ3n) is 7.12. The maximum atomic E-state index is 14.0. The quantitative estimate of drug-likeness (QED) is 0.379. The zero-order valence-electron chi connectivity index (χ0n) is 25.4. The van der Waals surface area contributed by atoms with Gasteiger partial charge in [0.05, 0.1) is 18.3 Å². The van der Waals surface area contributed by atoms with Crippen LogP contribution in [0.25, 0.3) is 6.08 Å². The highest BCUT2D eigenvalue weighted by atomic mass is 16.6. The Kier molecular flexibility index (Phi) is 8.80. The van der Waals surface area contributed by atoms with Gasteiger partial charge >= 0.3 is 12.2 Å². The first kappa shape index (κ1) is 30.2. The van der Waals surface area contributed by atoms with Crippen molar-refractivity contribution in [1.29, 1.82) is 0 Å². The van der Waals surface area contributed by atoms with Crippen molar-refractivity contribution in [3.8, 4) is 5.75 Å². The highest BCUT2D eigenvalue weighted by Crippen LogP contribution is 2.48. The van der Waals surface area contributed by atoms with Crippen molar-refractivity contribution in [2.24, 2.45) is 4.99 Å². The molecule has 1 aliphatic heterocycles. The molecule has 2 aromatic rings. The van der Waals surface area contributed by atoms with Gasteiger partial charge in [-0.05, 0) is 83.7 Å². The predicted molar refractivity (Wildman–Crippen MR) is 161 cm³/mol. The molecule has 4 rings (SSSR count). The number of nitrogens with zero attached hydrogens (tertiary/aromatic N) is 3. The molecule has 2 amide bonds. The van der Waals surface area contributed by atoms with Crippen LogP contribution in [0.2, 0.25) is 0 Å². The zero-order chi connectivity index (χ0) is 29.8. The van der Waals surface area contributed by atoms with Gasteiger partial charge < -0.3 is 19.1 Å². The van der Waals surface area contributed by atoms with Crippen LogP contribution < -0.4 is 4.74 Å². The molecule has 0 radical (unpaired) electrons. The van der Waals surface area contributed by atoms with Crippen LogP contribution in [0.15, 0.2) is 65.3 Å². The van der Waals surface area contributed by atoms with Gasteiger partial charge in [-0.25, -0.2) is 14.5 Å². The molecular weight excluding hydrogens is 518 g/mol. The first-order valence-electron chi connectivity index (χ1n) is 14.3. The third kappa shape index (κ3) is 7.29. The fraction of sp³-hybridized carbons (Fsp3) is 0.485. The number of guanidine groups is 1. The summed E-state index contributed by atoms with van der Waals surface area (Å²) in [5, 5.41) is 0. The second-order valence-electron chi connectivity index (χ2n) is 12.7. The van der Waals surface area contributed by atoms with Crippen molar-refractivity contribution < 1.29 is 23.8 Å². The highest BCUT2D eigenvalue weighted by Gasteiger charge is 2.55. The van der Waals surface area contributed by atoms with E-state index in [-0.39, 0.29) is 5.96 Å². The van der Waals surface area contributed by atoms with E-state index in [1.807, 2.05) is 81.4 Å². The third-order valence-corrected chi connectivity index (χ3v) is 7.12. The molecule has 220 valence electrons. The van der Waals surface area contributed by atoms with Gasteiger partial charge in [-0.15, -0.1) is 4.99 Å². The Hall–Kier alpha value is -3.81. The van der Waals surface area contributed by atoms with Crippen molar-refractivity contribution in [2.45, 2.75) is 96.9 Å². The van der Waals surface area contributed by atoms with E-state index >= 15 is 0 Å². The van der Waals surface area contributed by atoms with Crippen LogP contribution in [0, 0.1) is 0 Å². The maximum Gasteiger partial charge on any atom is 0.437 e. The Morgan fingerprint density at radius 1 is 0.878 bits per heavy atom. The number of carbonyl (C=O) groups excluding carboxylic acids is 2. The van der Waals surface area contributed by atoms with Gasteiger partial charge in [0.15, 0.2) is 0 Å². The summed E-state index contributed by atoms with van der Waals surface area (Å²) in [5.74, 6) is 0.971. The average molecular weight is 562 g/mol. The molecule has 0 bridgehead atoms. The van der Waals surface area contributed by atoms with Gasteiger partial charge in [-0.2, -0.15) is 0 Å². The van der Waals surface area contributed by atoms with Gasteiger partial charge in [0, 0.05) is 6.54 Å². The Labute approximate surface area is 244 Å². The summed E-state index contributed by atoms with van der Waals surface area (Å²) >= 11 is 0. The van der Waals surface area contributed by atoms with Crippen LogP contribution in [-0.2, 0) is 16.0 Å². The highest BCUT2D eigenvalue weighted by molar-refractivity contribution is 6.04. The number of aliphatic imine (C=N–C) groups is 1. The van der Waals surface area contributed by atoms with Gasteiger partial charge in [0.25, 0.3) is 0 Å². The van der Waals surface area contributed by atoms with Crippen LogP contribution in [0.5, 0.6) is 5.75 Å². The molecule has 1 saturated heterocycles. The monoisotopic (exact) mass is 561 g/mol. The minimum atomic E-state index is -0.757. The Balaban J connectivity index is 1.94. The van der Waals surface area contributed by atoms with E-state index in [0.29, 0.717) is 6.54 Å². The molecule has 1 spiro atoms. The number of benzene rings is 2. The standard InChI is InChI=1S/C33H43N3O5/c1-31(2,3)40-29(37)34-28-35(23-25-16-18-26(39-7)19-17-25)33(20-12-9-13-21-33)27(22-24-14-10-8-11-15-24)36(28)30(38)41-32(4,5)6/h8,10-11,14-19,22H,9,12-13,20-21,23H2,1-7H3/b27-22-,34-28+. The molecule has 8 nitrogen and oxygen atoms in total. The molecule has 0 unspecified atom stereocenters. The lowest BCUT2D eigenvalue weighted by Crippen LogP contribution is -2.48. The molecule has 0 atom stereocenters. The summed E-state index contributed by atoms with van der Waals surface area (Å²) in [6.45, 7) is 11.3. The van der Waals surface area contributed by atoms with Crippen LogP contribution in [0.3, 0.4) is 0 Å². The number of carbonyl (C=O) groups is 2. The first-order valence-corrected chi connectivity index (χ1v) is 14.3. The molecule has 1 heterocycles. The number of hydrogen-bond acceptors (Lipinski definition) is 5. The number of rotatable bonds is 4. The molecule has 2 aliphatic rings. The zero-order valence-corrected chi connectivity index (χ0v) is 25.4. The molecular formula is C33H43N3O5. The summed E-state index contributed by atoms with van der Waals surface area (Å²) in [4.78, 5) is 35.4. The van der Waals surface area contributed by atoms with Crippen molar-refractivity contribution in [2.75, 3.05) is 7.11 Å². The van der Waals surface area contributed by atoms with Crippen molar-refractivity contribution in [3.05, 3.63) is 71.4 Å². The molecule has 1 saturated carbocycles. The van der Waals surface area contributed by atoms with E-state index in [1.165, 1.54) is 4.90 Å². The second-order valence-corrected chi connectivity index (χ2v) is 12.7. The predicted octanol–water partition coefficient (Wildman–Crippen LogP) is 7.78. The average Bonchev–Trinajstić information content (AvgIpc) is 3.11. The van der Waals surface area contributed by atoms with E-state index in [0.717, 1.165) is 54.7 Å². The minimum absolute atomic E-state index is 0.216. The van der Waals surface area contributed by atoms with E-state index in [4.69, 9.17) is 14.2 Å². The molecule has 2 fully saturated rings. The summed E-state index contributed by atoms with van der Waals surface area (Å²) < 4.78 is 16.9. The lowest BCUT2D eigenvalue weighted by Gasteiger charge is -2.42. The Morgan fingerprint density at radius 3 is 2.05 bits per heavy atom. The lowest BCUT2D eigenvalue weighted by molar-refractivity contribution is 0.0408. The summed E-state index contributed by atoms with van der Waals surface area (Å²) in [6, 6.07) is 17.7. The molecule has 2 aromatic carbocycles. The van der Waals surface area contributed by atoms with E-state index in [2.05, 4.69) is 9.89 Å². The van der Waals surface area contributed by atoms with Gasteiger partial charge in [-0.1, -0.05) is 61.7 Å². The maximum absolute atomic E-state index is 14.0. The molecule has 0 aromatic heterocycles. The van der Waals surface area contributed by atoms with Crippen LogP contribution in [0.1, 0.15) is 84.8 Å². The molecule has 1 aliphatic carbocycles. The first-order chi connectivity index (χ1) is 19.3. The van der Waals surface area contributed by atoms with Gasteiger partial charge in [0.2, 0.25) is 5.96 Å². The number of ether oxygens (including phenoxy) is 3. The number of hydrogen-bond donors (Lipinski definition) is 0. The number of amides is 2. The second kappa shape index (κ2) is 12.0. The van der Waals surface area contributed by atoms with Crippen LogP contribution in [-0.4, -0.2) is 51.8 Å². The van der Waals surface area contributed by atoms with Gasteiger partial charge in [-0.3, -0.25) is 0 Å². The normalized spacial score (nSPS) is 19.1. The molecule has 0 N–H and O–H groups in total. The SMILES string of the molecule is COc1ccc(CN2/C(=N\C(=O)OC(C)(C)C)N(C(=O)OC(C)(C)C)/C(=C\c3ccccc3)C23CCCCC3)cc1. The van der Waals surface area contributed by atoms with Crippen LogP contribution in [0.4, 0.5) is 9.59 Å². The van der Waals surface area contributed by atoms with Crippen LogP contribution >= 0.6 is 0 Å². The summed E-state index contributed by atoms with van der Waals surface area (Å²) in [5.41, 5.74) is 0.624. The van der Waals surface area contributed by atoms with E-state index < -0.39 is 28.9 Å². The molecule has 8 heteroatoms. The Bertz CT molecular complexity index is 1280. The van der Waals surface area contributed by atoms with Gasteiger partial charge in [0.1, 0.15) is 17.0 Å². The topological polar surface area (TPSA) is 80.7 Å². The summed E-state index contributed by atoms with van der Waals surface area (Å²) in [7, 11) is 1.64. The largest absolute Gasteiger partial charge is 0.497 e. The fourth-order valence-electron chi connectivity index (χ4n) is 5.43. The van der Waals surface area contributed by atoms with Crippen molar-refractivity contribution >= 4 is 24.2 Å². The lowest BCUT2D eigenvalue weighted by atomic mass is 9.78. The van der Waals surface area contributed by atoms with Crippen molar-refractivity contribution in [3.63, 3.8) is 0 Å². The Morgan fingerprint density at radius 2 is 1.49 bits per heavy atom. The fourth-order valence-corrected chi connectivity index (χ4v) is 5.43. The number of methoxy groups -OCH3 is 1. The summed E-state index contributed by atoms with van der Waals surface area (Å²) in [6.07, 6.45) is 5.36. The molecule has 41 heavy (non-hydrogen) atoms. The van der Waals surface area contributed by atoms with Crippen molar-refractivity contribution in [1.82, 2.24) is 9.80 Å². The van der Waals surface area contributed by atoms with E-state index in [1.54, 1.807) is 27.9 Å². The smallest absolute Gasteiger partial charge is 0.437 e. The minimum Gasteiger partial charge on any atom is -0.497 e.